The largest absolute Gasteiger partial charge is 0.467 e. The van der Waals surface area contributed by atoms with Crippen LogP contribution in [0.1, 0.15) is 39.5 Å². The fraction of sp³-hybridized carbons (Fsp3) is 0.786. The first-order valence-electron chi connectivity index (χ1n) is 7.39. The Morgan fingerprint density at radius 2 is 1.80 bits per heavy atom. The molecule has 1 N–H and O–H groups in total. The Kier molecular flexibility index (Phi) is 4.62. The molecule has 6 heteroatoms. The number of rotatable bonds is 5. The Morgan fingerprint density at radius 3 is 2.30 bits per heavy atom. The first-order chi connectivity index (χ1) is 9.66. The van der Waals surface area contributed by atoms with Crippen LogP contribution in [-0.2, 0) is 0 Å². The van der Waals surface area contributed by atoms with E-state index in [2.05, 4.69) is 39.0 Å². The van der Waals surface area contributed by atoms with Crippen LogP contribution in [0.15, 0.2) is 0 Å². The molecule has 1 aliphatic heterocycles. The van der Waals surface area contributed by atoms with Crippen molar-refractivity contribution in [1.82, 2.24) is 15.0 Å². The number of piperidine rings is 1. The van der Waals surface area contributed by atoms with Gasteiger partial charge in [-0.15, -0.1) is 0 Å². The molecule has 0 spiro atoms. The summed E-state index contributed by atoms with van der Waals surface area (Å²) in [5.74, 6) is 1.26. The smallest absolute Gasteiger partial charge is 0.322 e. The zero-order valence-electron chi connectivity index (χ0n) is 12.9. The molecule has 0 aromatic carbocycles. The monoisotopic (exact) mass is 279 g/mol. The highest BCUT2D eigenvalue weighted by Gasteiger charge is 2.32. The zero-order chi connectivity index (χ0) is 14.6. The molecule has 1 aromatic heterocycles. The minimum atomic E-state index is 0.363. The molecule has 1 aliphatic rings. The highest BCUT2D eigenvalue weighted by Crippen LogP contribution is 2.38. The van der Waals surface area contributed by atoms with Gasteiger partial charge in [0.15, 0.2) is 0 Å². The summed E-state index contributed by atoms with van der Waals surface area (Å²) in [7, 11) is 3.38. The Bertz CT molecular complexity index is 415. The number of ether oxygens (including phenoxy) is 1. The van der Waals surface area contributed by atoms with Gasteiger partial charge in [0.1, 0.15) is 0 Å². The quantitative estimate of drug-likeness (QED) is 0.892. The van der Waals surface area contributed by atoms with E-state index in [1.54, 1.807) is 14.2 Å². The lowest BCUT2D eigenvalue weighted by Crippen LogP contribution is -2.40. The lowest BCUT2D eigenvalue weighted by atomic mass is 9.74. The molecular formula is C14H25N5O. The van der Waals surface area contributed by atoms with Crippen molar-refractivity contribution in [3.05, 3.63) is 0 Å². The molecule has 0 bridgehead atoms. The van der Waals surface area contributed by atoms with Crippen LogP contribution in [0.25, 0.3) is 0 Å². The lowest BCUT2D eigenvalue weighted by Gasteiger charge is -2.41. The third-order valence-corrected chi connectivity index (χ3v) is 4.62. The van der Waals surface area contributed by atoms with Crippen molar-refractivity contribution >= 4 is 11.9 Å². The van der Waals surface area contributed by atoms with E-state index >= 15 is 0 Å². The van der Waals surface area contributed by atoms with Crippen LogP contribution in [-0.4, -0.2) is 42.2 Å². The Balaban J connectivity index is 2.14. The second-order valence-corrected chi connectivity index (χ2v) is 5.39. The minimum Gasteiger partial charge on any atom is -0.467 e. The van der Waals surface area contributed by atoms with Crippen molar-refractivity contribution in [3.63, 3.8) is 0 Å². The molecule has 6 nitrogen and oxygen atoms in total. The predicted octanol–water partition coefficient (Wildman–Crippen LogP) is 2.33. The molecule has 0 saturated carbocycles. The lowest BCUT2D eigenvalue weighted by molar-refractivity contribution is 0.198. The van der Waals surface area contributed by atoms with Crippen molar-refractivity contribution < 1.29 is 4.74 Å². The van der Waals surface area contributed by atoms with E-state index in [9.17, 15) is 0 Å². The molecule has 1 fully saturated rings. The van der Waals surface area contributed by atoms with Crippen LogP contribution in [0.4, 0.5) is 11.9 Å². The molecule has 1 saturated heterocycles. The van der Waals surface area contributed by atoms with Gasteiger partial charge in [-0.05, 0) is 18.3 Å². The summed E-state index contributed by atoms with van der Waals surface area (Å²) in [6, 6.07) is 0.363. The maximum absolute atomic E-state index is 5.14. The van der Waals surface area contributed by atoms with Gasteiger partial charge >= 0.3 is 6.01 Å². The van der Waals surface area contributed by atoms with Crippen molar-refractivity contribution in [2.45, 2.75) is 39.5 Å². The Hall–Kier alpha value is -1.59. The predicted molar refractivity (Wildman–Crippen MR) is 80.4 cm³/mol. The van der Waals surface area contributed by atoms with Crippen LogP contribution < -0.4 is 15.0 Å². The number of methoxy groups -OCH3 is 1. The molecule has 2 rings (SSSR count). The summed E-state index contributed by atoms with van der Waals surface area (Å²) in [6.45, 7) is 6.59. The number of anilines is 2. The SMILES string of the molecule is CCC1(CC)CCN(c2nc(NC)nc(OC)n2)CC1. The first kappa shape index (κ1) is 14.8. The maximum atomic E-state index is 5.14. The van der Waals surface area contributed by atoms with Gasteiger partial charge in [-0.3, -0.25) is 0 Å². The number of aromatic nitrogens is 3. The van der Waals surface area contributed by atoms with Crippen molar-refractivity contribution in [2.75, 3.05) is 37.5 Å². The number of hydrogen-bond donors (Lipinski definition) is 1. The van der Waals surface area contributed by atoms with Crippen LogP contribution in [0.5, 0.6) is 6.01 Å². The van der Waals surface area contributed by atoms with Gasteiger partial charge in [0, 0.05) is 20.1 Å². The van der Waals surface area contributed by atoms with Gasteiger partial charge in [-0.1, -0.05) is 26.7 Å². The van der Waals surface area contributed by atoms with Crippen LogP contribution >= 0.6 is 0 Å². The van der Waals surface area contributed by atoms with Crippen LogP contribution in [0.2, 0.25) is 0 Å². The summed E-state index contributed by atoms with van der Waals surface area (Å²) in [4.78, 5) is 15.2. The third kappa shape index (κ3) is 2.94. The maximum Gasteiger partial charge on any atom is 0.322 e. The summed E-state index contributed by atoms with van der Waals surface area (Å²) in [5.41, 5.74) is 0.499. The standard InChI is InChI=1S/C14H25N5O/c1-5-14(6-2)7-9-19(10-8-14)12-16-11(15-3)17-13(18-12)20-4/h5-10H2,1-4H3,(H,15,16,17,18). The highest BCUT2D eigenvalue weighted by molar-refractivity contribution is 5.38. The molecule has 20 heavy (non-hydrogen) atoms. The minimum absolute atomic E-state index is 0.363. The molecule has 0 amide bonds. The molecule has 1 aromatic rings. The summed E-state index contributed by atoms with van der Waals surface area (Å²) in [6.07, 6.45) is 4.89. The van der Waals surface area contributed by atoms with E-state index in [4.69, 9.17) is 4.74 Å². The van der Waals surface area contributed by atoms with Gasteiger partial charge in [-0.2, -0.15) is 15.0 Å². The average Bonchev–Trinajstić information content (AvgIpc) is 2.54. The molecule has 0 radical (unpaired) electrons. The molecule has 112 valence electrons. The number of nitrogens with one attached hydrogen (secondary N) is 1. The van der Waals surface area contributed by atoms with E-state index in [0.717, 1.165) is 13.1 Å². The summed E-state index contributed by atoms with van der Waals surface area (Å²) < 4.78 is 5.14. The van der Waals surface area contributed by atoms with E-state index in [-0.39, 0.29) is 0 Å². The molecule has 0 unspecified atom stereocenters. The summed E-state index contributed by atoms with van der Waals surface area (Å²) >= 11 is 0. The van der Waals surface area contributed by atoms with Crippen molar-refractivity contribution in [2.24, 2.45) is 5.41 Å². The average molecular weight is 279 g/mol. The topological polar surface area (TPSA) is 63.2 Å². The Labute approximate surface area is 121 Å². The van der Waals surface area contributed by atoms with Crippen molar-refractivity contribution in [3.8, 4) is 6.01 Å². The van der Waals surface area contributed by atoms with Crippen LogP contribution in [0, 0.1) is 5.41 Å². The zero-order valence-corrected chi connectivity index (χ0v) is 12.9. The normalized spacial score (nSPS) is 17.9. The summed E-state index contributed by atoms with van der Waals surface area (Å²) in [5, 5.41) is 2.95. The Morgan fingerprint density at radius 1 is 1.15 bits per heavy atom. The van der Waals surface area contributed by atoms with Gasteiger partial charge in [0.2, 0.25) is 11.9 Å². The fourth-order valence-electron chi connectivity index (χ4n) is 2.83. The number of hydrogen-bond acceptors (Lipinski definition) is 6. The van der Waals surface area contributed by atoms with E-state index < -0.39 is 0 Å². The molecular weight excluding hydrogens is 254 g/mol. The van der Waals surface area contributed by atoms with Crippen LogP contribution in [0.3, 0.4) is 0 Å². The first-order valence-corrected chi connectivity index (χ1v) is 7.39. The van der Waals surface area contributed by atoms with Gasteiger partial charge in [0.25, 0.3) is 0 Å². The van der Waals surface area contributed by atoms with E-state index in [1.165, 1.54) is 25.7 Å². The van der Waals surface area contributed by atoms with Gasteiger partial charge in [0.05, 0.1) is 7.11 Å². The number of nitrogens with zero attached hydrogens (tertiary/aromatic N) is 4. The molecule has 0 aliphatic carbocycles. The van der Waals surface area contributed by atoms with E-state index in [1.807, 2.05) is 0 Å². The third-order valence-electron chi connectivity index (χ3n) is 4.62. The van der Waals surface area contributed by atoms with E-state index in [0.29, 0.717) is 23.3 Å². The molecule has 2 heterocycles. The fourth-order valence-corrected chi connectivity index (χ4v) is 2.83. The van der Waals surface area contributed by atoms with Gasteiger partial charge < -0.3 is 15.0 Å². The van der Waals surface area contributed by atoms with Crippen molar-refractivity contribution in [1.29, 1.82) is 0 Å². The highest BCUT2D eigenvalue weighted by atomic mass is 16.5. The second-order valence-electron chi connectivity index (χ2n) is 5.39. The van der Waals surface area contributed by atoms with Gasteiger partial charge in [-0.25, -0.2) is 0 Å². The molecule has 0 atom stereocenters. The second kappa shape index (κ2) is 6.24.